The number of nitro groups is 1. The number of rotatable bonds is 2. The third-order valence-corrected chi connectivity index (χ3v) is 3.26. The number of hydrogen-bond donors (Lipinski definition) is 2. The van der Waals surface area contributed by atoms with Crippen LogP contribution < -0.4 is 5.48 Å². The van der Waals surface area contributed by atoms with Gasteiger partial charge in [-0.1, -0.05) is 6.08 Å². The van der Waals surface area contributed by atoms with Gasteiger partial charge in [0, 0.05) is 17.7 Å². The molecule has 24 heavy (non-hydrogen) atoms. The molecule has 0 aromatic rings. The van der Waals surface area contributed by atoms with Crippen molar-refractivity contribution in [2.45, 2.75) is 0 Å². The van der Waals surface area contributed by atoms with Gasteiger partial charge in [-0.2, -0.15) is 9.45 Å². The minimum absolute atomic E-state index is 0.00769. The van der Waals surface area contributed by atoms with Gasteiger partial charge in [0.1, 0.15) is 5.70 Å². The predicted molar refractivity (Wildman–Crippen MR) is 74.5 cm³/mol. The highest BCUT2D eigenvalue weighted by Gasteiger charge is 2.33. The van der Waals surface area contributed by atoms with Gasteiger partial charge in [-0.05, 0) is 18.2 Å². The van der Waals surface area contributed by atoms with Gasteiger partial charge in [0.15, 0.2) is 5.76 Å². The van der Waals surface area contributed by atoms with E-state index in [0.717, 1.165) is 18.2 Å². The lowest BCUT2D eigenvalue weighted by Crippen LogP contribution is -2.24. The van der Waals surface area contributed by atoms with Crippen LogP contribution in [0.2, 0.25) is 0 Å². The summed E-state index contributed by atoms with van der Waals surface area (Å²) in [7, 11) is 0. The van der Waals surface area contributed by atoms with E-state index in [9.17, 15) is 29.3 Å². The highest BCUT2D eigenvalue weighted by molar-refractivity contribution is 6.47. The third-order valence-electron chi connectivity index (χ3n) is 3.26. The van der Waals surface area contributed by atoms with Crippen LogP contribution in [0.25, 0.3) is 0 Å². The van der Waals surface area contributed by atoms with E-state index in [-0.39, 0.29) is 27.8 Å². The monoisotopic (exact) mass is 333 g/mol. The van der Waals surface area contributed by atoms with Crippen molar-refractivity contribution in [2.75, 3.05) is 0 Å². The van der Waals surface area contributed by atoms with Crippen LogP contribution >= 0.6 is 0 Å². The molecule has 0 saturated carbocycles. The van der Waals surface area contributed by atoms with Crippen LogP contribution in [0.1, 0.15) is 0 Å². The molecule has 10 heteroatoms. The first-order valence-corrected chi connectivity index (χ1v) is 6.47. The molecule has 0 unspecified atom stereocenters. The first kappa shape index (κ1) is 15.4. The summed E-state index contributed by atoms with van der Waals surface area (Å²) in [6.45, 7) is 0. The summed E-state index contributed by atoms with van der Waals surface area (Å²) in [6.07, 6.45) is 6.86. The zero-order chi connectivity index (χ0) is 17.4. The lowest BCUT2D eigenvalue weighted by atomic mass is 9.99. The molecule has 1 aliphatic carbocycles. The van der Waals surface area contributed by atoms with Crippen LogP contribution in [-0.2, 0) is 14.4 Å². The van der Waals surface area contributed by atoms with Crippen molar-refractivity contribution < 1.29 is 28.9 Å². The molecule has 0 radical (unpaired) electrons. The second-order valence-electron chi connectivity index (χ2n) is 4.75. The van der Waals surface area contributed by atoms with Gasteiger partial charge in [-0.25, -0.2) is 5.48 Å². The zero-order valence-electron chi connectivity index (χ0n) is 11.7. The third kappa shape index (κ3) is 2.50. The molecule has 0 aromatic heterocycles. The topological polar surface area (TPSA) is 122 Å². The number of hydrogen-bond acceptors (Lipinski definition) is 8. The van der Waals surface area contributed by atoms with E-state index >= 15 is 0 Å². The Hall–Kier alpha value is -3.53. The molecule has 0 fully saturated rings. The van der Waals surface area contributed by atoms with Crippen LogP contribution in [0.4, 0.5) is 4.39 Å². The number of allylic oxidation sites excluding steroid dienone is 7. The summed E-state index contributed by atoms with van der Waals surface area (Å²) in [4.78, 5) is 37.9. The number of carbonyl (C=O) groups is 2. The molecule has 0 amide bonds. The normalized spacial score (nSPS) is 23.2. The van der Waals surface area contributed by atoms with Gasteiger partial charge in [0.05, 0.1) is 10.6 Å². The second-order valence-corrected chi connectivity index (χ2v) is 4.75. The smallest absolute Gasteiger partial charge is 0.321 e. The molecular weight excluding hydrogens is 325 g/mol. The standard InChI is InChI=1S/C14H8FN3O6/c15-13-3-1-2-9(17(13)21)12-6-8(16-24-12)7-4-10(18(22)23)14(20)11(19)5-7/h1-6,16,21H/b12-9-. The summed E-state index contributed by atoms with van der Waals surface area (Å²) >= 11 is 0. The highest BCUT2D eigenvalue weighted by atomic mass is 19.1. The van der Waals surface area contributed by atoms with E-state index < -0.39 is 28.1 Å². The molecule has 0 atom stereocenters. The van der Waals surface area contributed by atoms with Crippen LogP contribution in [0.3, 0.4) is 0 Å². The molecule has 122 valence electrons. The fraction of sp³-hybridized carbons (Fsp3) is 0. The fourth-order valence-corrected chi connectivity index (χ4v) is 2.11. The Morgan fingerprint density at radius 3 is 2.75 bits per heavy atom. The van der Waals surface area contributed by atoms with E-state index in [2.05, 4.69) is 5.48 Å². The van der Waals surface area contributed by atoms with Gasteiger partial charge in [-0.3, -0.25) is 24.9 Å². The first-order valence-electron chi connectivity index (χ1n) is 6.47. The van der Waals surface area contributed by atoms with Gasteiger partial charge < -0.3 is 4.84 Å². The Bertz CT molecular complexity index is 862. The summed E-state index contributed by atoms with van der Waals surface area (Å²) in [6, 6.07) is 0. The lowest BCUT2D eigenvalue weighted by molar-refractivity contribution is -0.418. The molecule has 0 spiro atoms. The maximum absolute atomic E-state index is 13.3. The molecule has 2 heterocycles. The maximum atomic E-state index is 13.3. The van der Waals surface area contributed by atoms with Crippen molar-refractivity contribution in [3.8, 4) is 0 Å². The average Bonchev–Trinajstić information content (AvgIpc) is 3.02. The number of nitrogens with zero attached hydrogens (tertiary/aromatic N) is 2. The van der Waals surface area contributed by atoms with Crippen LogP contribution in [0.5, 0.6) is 0 Å². The van der Waals surface area contributed by atoms with Crippen molar-refractivity contribution in [1.29, 1.82) is 0 Å². The molecule has 0 aromatic carbocycles. The van der Waals surface area contributed by atoms with E-state index in [1.165, 1.54) is 18.2 Å². The molecule has 3 rings (SSSR count). The average molecular weight is 333 g/mol. The van der Waals surface area contributed by atoms with Crippen LogP contribution in [0.15, 0.2) is 70.8 Å². The molecule has 3 aliphatic rings. The molecule has 2 N–H and O–H groups in total. The highest BCUT2D eigenvalue weighted by Crippen LogP contribution is 2.28. The van der Waals surface area contributed by atoms with Crippen molar-refractivity contribution in [2.24, 2.45) is 0 Å². The Labute approximate surface area is 133 Å². The number of nitrogens with one attached hydrogen (secondary N) is 1. The summed E-state index contributed by atoms with van der Waals surface area (Å²) in [5.41, 5.74) is 1.68. The van der Waals surface area contributed by atoms with Crippen molar-refractivity contribution >= 4 is 11.6 Å². The predicted octanol–water partition coefficient (Wildman–Crippen LogP) is 0.927. The molecule has 0 saturated heterocycles. The molecule has 2 aliphatic heterocycles. The summed E-state index contributed by atoms with van der Waals surface area (Å²) < 4.78 is 13.3. The van der Waals surface area contributed by atoms with E-state index in [4.69, 9.17) is 4.84 Å². The minimum Gasteiger partial charge on any atom is -0.380 e. The van der Waals surface area contributed by atoms with E-state index in [1.54, 1.807) is 0 Å². The largest absolute Gasteiger partial charge is 0.380 e. The maximum Gasteiger partial charge on any atom is 0.321 e. The Morgan fingerprint density at radius 2 is 2.04 bits per heavy atom. The Balaban J connectivity index is 1.98. The minimum atomic E-state index is -1.22. The van der Waals surface area contributed by atoms with Gasteiger partial charge in [0.2, 0.25) is 11.7 Å². The SMILES string of the molecule is O=C1C=C(C2=C/C(=C3\C=CC=C(F)N3O)ON2)C=C([N+](=O)[O-])C1=O. The number of hydroxylamine groups is 3. The van der Waals surface area contributed by atoms with E-state index in [0.29, 0.717) is 0 Å². The van der Waals surface area contributed by atoms with Crippen LogP contribution in [-0.4, -0.2) is 26.8 Å². The quantitative estimate of drug-likeness (QED) is 0.252. The number of Topliss-reactive ketones (excluding diaryl/α,β-unsaturated/α-hetero) is 1. The van der Waals surface area contributed by atoms with Crippen molar-refractivity contribution in [1.82, 2.24) is 10.5 Å². The van der Waals surface area contributed by atoms with Crippen LogP contribution in [0, 0.1) is 10.1 Å². The lowest BCUT2D eigenvalue weighted by Gasteiger charge is -2.18. The zero-order valence-corrected chi connectivity index (χ0v) is 11.7. The number of ketones is 2. The number of halogens is 1. The van der Waals surface area contributed by atoms with Crippen molar-refractivity contribution in [3.63, 3.8) is 0 Å². The van der Waals surface area contributed by atoms with E-state index in [1.807, 2.05) is 0 Å². The van der Waals surface area contributed by atoms with Gasteiger partial charge in [0.25, 0.3) is 0 Å². The number of carbonyl (C=O) groups excluding carboxylic acids is 2. The van der Waals surface area contributed by atoms with Crippen molar-refractivity contribution in [3.05, 3.63) is 80.9 Å². The fourth-order valence-electron chi connectivity index (χ4n) is 2.11. The Kier molecular flexibility index (Phi) is 3.58. The summed E-state index contributed by atoms with van der Waals surface area (Å²) in [5.74, 6) is -3.18. The van der Waals surface area contributed by atoms with Gasteiger partial charge >= 0.3 is 11.5 Å². The first-order chi connectivity index (χ1) is 11.4. The second kappa shape index (κ2) is 5.59. The summed E-state index contributed by atoms with van der Waals surface area (Å²) in [5, 5.41) is 20.7. The molecule has 0 bridgehead atoms. The Morgan fingerprint density at radius 1 is 1.29 bits per heavy atom. The molecule has 9 nitrogen and oxygen atoms in total. The van der Waals surface area contributed by atoms with Gasteiger partial charge in [-0.15, -0.1) is 0 Å². The molecular formula is C14H8FN3O6.